The highest BCUT2D eigenvalue weighted by atomic mass is 15.2. The van der Waals surface area contributed by atoms with Gasteiger partial charge in [0.1, 0.15) is 0 Å². The van der Waals surface area contributed by atoms with Crippen LogP contribution >= 0.6 is 0 Å². The maximum Gasteiger partial charge on any atom is 0.0675 e. The van der Waals surface area contributed by atoms with Crippen LogP contribution in [0.3, 0.4) is 0 Å². The standard InChI is InChI=1S/C19H20N2/c1-13-11-12-16(20)18-15-9-5-6-10-17(15)21(19(13)18)14-7-3-2-4-8-14/h2-5,7-9,11-13,19H,6,10,20H2,1H3. The number of fused-ring (bicyclic) bond motifs is 2. The quantitative estimate of drug-likeness (QED) is 0.843. The van der Waals surface area contributed by atoms with Crippen molar-refractivity contribution in [3.63, 3.8) is 0 Å². The summed E-state index contributed by atoms with van der Waals surface area (Å²) in [5.41, 5.74) is 12.6. The van der Waals surface area contributed by atoms with Crippen molar-refractivity contribution in [2.75, 3.05) is 4.90 Å². The van der Waals surface area contributed by atoms with Crippen LogP contribution in [0.5, 0.6) is 0 Å². The molecule has 2 nitrogen and oxygen atoms in total. The van der Waals surface area contributed by atoms with Crippen LogP contribution in [0.2, 0.25) is 0 Å². The van der Waals surface area contributed by atoms with Crippen molar-refractivity contribution >= 4 is 5.69 Å². The highest BCUT2D eigenvalue weighted by molar-refractivity contribution is 5.70. The minimum Gasteiger partial charge on any atom is -0.398 e. The van der Waals surface area contributed by atoms with E-state index in [1.807, 2.05) is 0 Å². The molecule has 21 heavy (non-hydrogen) atoms. The van der Waals surface area contributed by atoms with Crippen LogP contribution in [-0.2, 0) is 0 Å². The van der Waals surface area contributed by atoms with E-state index in [0.29, 0.717) is 12.0 Å². The van der Waals surface area contributed by atoms with Crippen molar-refractivity contribution in [3.8, 4) is 0 Å². The largest absolute Gasteiger partial charge is 0.398 e. The lowest BCUT2D eigenvalue weighted by Gasteiger charge is -2.35. The second-order valence-electron chi connectivity index (χ2n) is 6.04. The van der Waals surface area contributed by atoms with Gasteiger partial charge < -0.3 is 10.6 Å². The van der Waals surface area contributed by atoms with Gasteiger partial charge in [0.25, 0.3) is 0 Å². The maximum absolute atomic E-state index is 6.33. The molecule has 106 valence electrons. The van der Waals surface area contributed by atoms with Gasteiger partial charge in [-0.05, 0) is 37.0 Å². The Hall–Kier alpha value is -2.22. The molecule has 2 N–H and O–H groups in total. The van der Waals surface area contributed by atoms with Gasteiger partial charge in [0.15, 0.2) is 0 Å². The Kier molecular flexibility index (Phi) is 2.78. The SMILES string of the molecule is CC1C=CC(N)=C2C3=C(CCC=C3)N(c3ccccc3)C21. The molecule has 0 spiro atoms. The predicted octanol–water partition coefficient (Wildman–Crippen LogP) is 3.90. The molecule has 2 heteroatoms. The van der Waals surface area contributed by atoms with Crippen LogP contribution < -0.4 is 10.6 Å². The number of para-hydroxylation sites is 1. The molecule has 0 radical (unpaired) electrons. The Morgan fingerprint density at radius 2 is 1.95 bits per heavy atom. The number of allylic oxidation sites excluding steroid dienone is 4. The molecule has 1 aromatic carbocycles. The molecule has 2 atom stereocenters. The summed E-state index contributed by atoms with van der Waals surface area (Å²) in [6.07, 6.45) is 11.1. The summed E-state index contributed by atoms with van der Waals surface area (Å²) in [5.74, 6) is 0.464. The predicted molar refractivity (Wildman–Crippen MR) is 87.6 cm³/mol. The van der Waals surface area contributed by atoms with Crippen molar-refractivity contribution in [2.24, 2.45) is 11.7 Å². The molecule has 1 aliphatic heterocycles. The number of nitrogens with two attached hydrogens (primary N) is 1. The summed E-state index contributed by atoms with van der Waals surface area (Å²) >= 11 is 0. The molecular weight excluding hydrogens is 256 g/mol. The fraction of sp³-hybridized carbons (Fsp3) is 0.263. The topological polar surface area (TPSA) is 29.3 Å². The average molecular weight is 276 g/mol. The maximum atomic E-state index is 6.33. The van der Waals surface area contributed by atoms with Gasteiger partial charge in [-0.3, -0.25) is 0 Å². The second-order valence-corrected chi connectivity index (χ2v) is 6.04. The van der Waals surface area contributed by atoms with Gasteiger partial charge in [-0.2, -0.15) is 0 Å². The zero-order valence-electron chi connectivity index (χ0n) is 12.3. The van der Waals surface area contributed by atoms with Crippen LogP contribution in [0.15, 0.2) is 77.2 Å². The first-order chi connectivity index (χ1) is 10.3. The Morgan fingerprint density at radius 3 is 2.76 bits per heavy atom. The lowest BCUT2D eigenvalue weighted by Crippen LogP contribution is -2.37. The number of anilines is 1. The summed E-state index contributed by atoms with van der Waals surface area (Å²) < 4.78 is 0. The Labute approximate surface area is 125 Å². The van der Waals surface area contributed by atoms with Crippen molar-refractivity contribution in [1.29, 1.82) is 0 Å². The molecular formula is C19H20N2. The summed E-state index contributed by atoms with van der Waals surface area (Å²) in [6.45, 7) is 2.28. The van der Waals surface area contributed by atoms with E-state index >= 15 is 0 Å². The smallest absolute Gasteiger partial charge is 0.0675 e. The molecule has 0 fully saturated rings. The van der Waals surface area contributed by atoms with E-state index in [2.05, 4.69) is 66.5 Å². The van der Waals surface area contributed by atoms with Crippen molar-refractivity contribution in [3.05, 3.63) is 77.2 Å². The Morgan fingerprint density at radius 1 is 1.14 bits per heavy atom. The van der Waals surface area contributed by atoms with E-state index in [-0.39, 0.29) is 0 Å². The number of nitrogens with zero attached hydrogens (tertiary/aromatic N) is 1. The second kappa shape index (κ2) is 4.66. The third-order valence-electron chi connectivity index (χ3n) is 4.72. The van der Waals surface area contributed by atoms with Crippen molar-refractivity contribution in [2.45, 2.75) is 25.8 Å². The molecule has 0 amide bonds. The van der Waals surface area contributed by atoms with Crippen LogP contribution in [0, 0.1) is 5.92 Å². The van der Waals surface area contributed by atoms with E-state index in [4.69, 9.17) is 5.73 Å². The van der Waals surface area contributed by atoms with E-state index < -0.39 is 0 Å². The number of rotatable bonds is 1. The minimum absolute atomic E-state index is 0.338. The molecule has 2 unspecified atom stereocenters. The van der Waals surface area contributed by atoms with Gasteiger partial charge in [-0.1, -0.05) is 43.4 Å². The highest BCUT2D eigenvalue weighted by Crippen LogP contribution is 2.46. The molecule has 1 heterocycles. The number of hydrogen-bond acceptors (Lipinski definition) is 2. The van der Waals surface area contributed by atoms with E-state index in [1.54, 1.807) is 0 Å². The van der Waals surface area contributed by atoms with Gasteiger partial charge in [0.05, 0.1) is 6.04 Å². The zero-order chi connectivity index (χ0) is 14.4. The molecule has 4 rings (SSSR count). The van der Waals surface area contributed by atoms with Gasteiger partial charge in [0.2, 0.25) is 0 Å². The van der Waals surface area contributed by atoms with Crippen LogP contribution in [0.1, 0.15) is 19.8 Å². The first-order valence-corrected chi connectivity index (χ1v) is 7.69. The first kappa shape index (κ1) is 12.5. The van der Waals surface area contributed by atoms with E-state index in [0.717, 1.165) is 18.5 Å². The minimum atomic E-state index is 0.338. The summed E-state index contributed by atoms with van der Waals surface area (Å²) in [7, 11) is 0. The summed E-state index contributed by atoms with van der Waals surface area (Å²) in [5, 5.41) is 0. The van der Waals surface area contributed by atoms with Crippen LogP contribution in [-0.4, -0.2) is 6.04 Å². The van der Waals surface area contributed by atoms with Crippen molar-refractivity contribution < 1.29 is 0 Å². The van der Waals surface area contributed by atoms with E-state index in [9.17, 15) is 0 Å². The highest BCUT2D eigenvalue weighted by Gasteiger charge is 2.41. The molecule has 0 saturated heterocycles. The number of hydrogen-bond donors (Lipinski definition) is 1. The lowest BCUT2D eigenvalue weighted by molar-refractivity contribution is 0.585. The summed E-state index contributed by atoms with van der Waals surface area (Å²) in [6, 6.07) is 11.0. The molecule has 3 aliphatic rings. The molecule has 0 bridgehead atoms. The zero-order valence-corrected chi connectivity index (χ0v) is 12.3. The molecule has 0 aromatic heterocycles. The van der Waals surface area contributed by atoms with Gasteiger partial charge in [0, 0.05) is 28.2 Å². The molecule has 0 saturated carbocycles. The fourth-order valence-electron chi connectivity index (χ4n) is 3.78. The van der Waals surface area contributed by atoms with Crippen LogP contribution in [0.4, 0.5) is 5.69 Å². The molecule has 1 aromatic rings. The summed E-state index contributed by atoms with van der Waals surface area (Å²) in [4.78, 5) is 2.51. The van der Waals surface area contributed by atoms with Gasteiger partial charge in [-0.25, -0.2) is 0 Å². The molecule has 2 aliphatic carbocycles. The third kappa shape index (κ3) is 1.79. The average Bonchev–Trinajstić information content (AvgIpc) is 2.88. The first-order valence-electron chi connectivity index (χ1n) is 7.69. The number of benzene rings is 1. The fourth-order valence-corrected chi connectivity index (χ4v) is 3.78. The van der Waals surface area contributed by atoms with Crippen LogP contribution in [0.25, 0.3) is 0 Å². The normalized spacial score (nSPS) is 27.2. The lowest BCUT2D eigenvalue weighted by atomic mass is 9.85. The Bertz CT molecular complexity index is 692. The Balaban J connectivity index is 1.92. The van der Waals surface area contributed by atoms with E-state index in [1.165, 1.54) is 22.5 Å². The van der Waals surface area contributed by atoms with Gasteiger partial charge >= 0.3 is 0 Å². The monoisotopic (exact) mass is 276 g/mol. The van der Waals surface area contributed by atoms with Gasteiger partial charge in [-0.15, -0.1) is 0 Å². The van der Waals surface area contributed by atoms with Crippen molar-refractivity contribution in [1.82, 2.24) is 0 Å². The third-order valence-corrected chi connectivity index (χ3v) is 4.72.